The fraction of sp³-hybridized carbons (Fsp3) is 0.750. The normalized spacial score (nSPS) is 11.2. The first-order valence-corrected chi connectivity index (χ1v) is 14.2. The van der Waals surface area contributed by atoms with Crippen molar-refractivity contribution in [2.45, 2.75) is 0 Å². The van der Waals surface area contributed by atoms with E-state index in [4.69, 9.17) is 62.9 Å². The number of carboxylic acid groups (broad SMARTS) is 1. The summed E-state index contributed by atoms with van der Waals surface area (Å²) < 4.78 is 59.1. The lowest BCUT2D eigenvalue weighted by molar-refractivity contribution is -0.142. The van der Waals surface area contributed by atoms with Gasteiger partial charge in [-0.2, -0.15) is 0 Å². The van der Waals surface area contributed by atoms with Crippen LogP contribution in [0.3, 0.4) is 0 Å². The number of ether oxygens (including phenoxy) is 11. The summed E-state index contributed by atoms with van der Waals surface area (Å²) >= 11 is 0. The van der Waals surface area contributed by atoms with Gasteiger partial charge in [0.05, 0.1) is 126 Å². The van der Waals surface area contributed by atoms with Crippen LogP contribution in [0, 0.1) is 0 Å². The molecule has 0 aromatic heterocycles. The van der Waals surface area contributed by atoms with Crippen molar-refractivity contribution in [3.8, 4) is 5.75 Å². The average molecular weight is 608 g/mol. The second kappa shape index (κ2) is 30.4. The molecule has 0 spiro atoms. The van der Waals surface area contributed by atoms with Gasteiger partial charge in [0.15, 0.2) is 0 Å². The Balaban J connectivity index is 1.63. The van der Waals surface area contributed by atoms with Crippen LogP contribution in [0.15, 0.2) is 24.3 Å². The maximum absolute atomic E-state index is 10.3. The Hall–Kier alpha value is -2.11. The van der Waals surface area contributed by atoms with E-state index in [2.05, 4.69) is 0 Å². The van der Waals surface area contributed by atoms with Crippen LogP contribution in [0.25, 0.3) is 0 Å². The SMILES string of the molecule is Nc1ccc(OCCOCCOCCOCCOCCOCCOCCOCCOCCOCCOCC(=O)O)cc1. The zero-order valence-corrected chi connectivity index (χ0v) is 24.6. The van der Waals surface area contributed by atoms with Crippen molar-refractivity contribution < 1.29 is 62.0 Å². The number of hydrogen-bond donors (Lipinski definition) is 2. The quantitative estimate of drug-likeness (QED) is 0.0855. The number of rotatable bonds is 33. The second-order valence-corrected chi connectivity index (χ2v) is 8.38. The molecule has 14 nitrogen and oxygen atoms in total. The van der Waals surface area contributed by atoms with Crippen molar-refractivity contribution in [1.82, 2.24) is 0 Å². The molecular formula is C28H49NO13. The van der Waals surface area contributed by atoms with Gasteiger partial charge in [-0.1, -0.05) is 0 Å². The van der Waals surface area contributed by atoms with Gasteiger partial charge in [-0.05, 0) is 24.3 Å². The Morgan fingerprint density at radius 3 is 1.00 bits per heavy atom. The molecule has 0 radical (unpaired) electrons. The van der Waals surface area contributed by atoms with Crippen molar-refractivity contribution in [3.63, 3.8) is 0 Å². The zero-order chi connectivity index (χ0) is 30.2. The highest BCUT2D eigenvalue weighted by Crippen LogP contribution is 2.12. The molecule has 1 aromatic rings. The molecule has 0 unspecified atom stereocenters. The molecule has 0 aliphatic carbocycles. The van der Waals surface area contributed by atoms with Gasteiger partial charge in [0.2, 0.25) is 0 Å². The minimum Gasteiger partial charge on any atom is -0.491 e. The number of nitrogens with two attached hydrogens (primary N) is 1. The summed E-state index contributed by atoms with van der Waals surface area (Å²) in [6.07, 6.45) is 0. The van der Waals surface area contributed by atoms with Crippen molar-refractivity contribution >= 4 is 11.7 Å². The highest BCUT2D eigenvalue weighted by molar-refractivity contribution is 5.67. The predicted octanol–water partition coefficient (Wildman–Crippen LogP) is 0.898. The monoisotopic (exact) mass is 607 g/mol. The minimum atomic E-state index is -0.996. The van der Waals surface area contributed by atoms with Gasteiger partial charge in [0.25, 0.3) is 0 Å². The van der Waals surface area contributed by atoms with E-state index in [1.807, 2.05) is 12.1 Å². The maximum Gasteiger partial charge on any atom is 0.329 e. The van der Waals surface area contributed by atoms with E-state index in [-0.39, 0.29) is 13.2 Å². The molecule has 42 heavy (non-hydrogen) atoms. The van der Waals surface area contributed by atoms with E-state index in [0.29, 0.717) is 131 Å². The molecule has 1 aromatic carbocycles. The number of carboxylic acids is 1. The summed E-state index contributed by atoms with van der Waals surface area (Å²) in [6, 6.07) is 7.24. The van der Waals surface area contributed by atoms with Gasteiger partial charge in [0.1, 0.15) is 19.0 Å². The first-order chi connectivity index (χ1) is 20.7. The summed E-state index contributed by atoms with van der Waals surface area (Å²) in [7, 11) is 0. The van der Waals surface area contributed by atoms with Gasteiger partial charge in [-0.15, -0.1) is 0 Å². The van der Waals surface area contributed by atoms with E-state index in [9.17, 15) is 4.79 Å². The molecule has 0 aliphatic rings. The highest BCUT2D eigenvalue weighted by atomic mass is 16.6. The number of benzene rings is 1. The molecule has 14 heteroatoms. The summed E-state index contributed by atoms with van der Waals surface area (Å²) in [5.74, 6) is -0.230. The molecule has 0 fully saturated rings. The van der Waals surface area contributed by atoms with Gasteiger partial charge in [0, 0.05) is 5.69 Å². The van der Waals surface area contributed by atoms with Gasteiger partial charge >= 0.3 is 5.97 Å². The van der Waals surface area contributed by atoms with Crippen molar-refractivity contribution in [3.05, 3.63) is 24.3 Å². The van der Waals surface area contributed by atoms with E-state index < -0.39 is 5.97 Å². The van der Waals surface area contributed by atoms with Crippen LogP contribution in [0.2, 0.25) is 0 Å². The number of carbonyl (C=O) groups is 1. The Bertz CT molecular complexity index is 712. The predicted molar refractivity (Wildman–Crippen MR) is 152 cm³/mol. The Kier molecular flexibility index (Phi) is 27.4. The molecule has 3 N–H and O–H groups in total. The lowest BCUT2D eigenvalue weighted by Gasteiger charge is -2.09. The number of anilines is 1. The number of hydrogen-bond acceptors (Lipinski definition) is 13. The molecule has 0 aliphatic heterocycles. The Labute approximate surface area is 248 Å². The second-order valence-electron chi connectivity index (χ2n) is 8.38. The van der Waals surface area contributed by atoms with Crippen LogP contribution in [-0.2, 0) is 52.2 Å². The molecule has 0 saturated heterocycles. The Morgan fingerprint density at radius 1 is 0.452 bits per heavy atom. The number of nitrogen functional groups attached to an aromatic ring is 1. The molecule has 0 bridgehead atoms. The summed E-state index contributed by atoms with van der Waals surface area (Å²) in [5.41, 5.74) is 6.34. The fourth-order valence-corrected chi connectivity index (χ4v) is 2.92. The van der Waals surface area contributed by atoms with Crippen LogP contribution in [0.4, 0.5) is 5.69 Å². The van der Waals surface area contributed by atoms with E-state index >= 15 is 0 Å². The van der Waals surface area contributed by atoms with Crippen LogP contribution >= 0.6 is 0 Å². The number of aliphatic carboxylic acids is 1. The molecule has 1 rings (SSSR count). The van der Waals surface area contributed by atoms with E-state index in [1.54, 1.807) is 12.1 Å². The first-order valence-electron chi connectivity index (χ1n) is 14.2. The van der Waals surface area contributed by atoms with Gasteiger partial charge < -0.3 is 62.9 Å². The largest absolute Gasteiger partial charge is 0.491 e. The smallest absolute Gasteiger partial charge is 0.329 e. The van der Waals surface area contributed by atoms with Crippen molar-refractivity contribution in [2.75, 3.05) is 144 Å². The van der Waals surface area contributed by atoms with Crippen molar-refractivity contribution in [1.29, 1.82) is 0 Å². The maximum atomic E-state index is 10.3. The zero-order valence-electron chi connectivity index (χ0n) is 24.6. The molecule has 244 valence electrons. The van der Waals surface area contributed by atoms with Crippen LogP contribution in [-0.4, -0.2) is 150 Å². The topological polar surface area (TPSA) is 165 Å². The highest BCUT2D eigenvalue weighted by Gasteiger charge is 1.98. The van der Waals surface area contributed by atoms with E-state index in [0.717, 1.165) is 5.75 Å². The standard InChI is InChI=1S/C28H49NO13/c29-26-1-3-27(4-2-26)42-24-23-40-20-19-38-16-15-36-12-11-34-8-7-32-5-6-33-9-10-35-13-14-37-17-18-39-21-22-41-25-28(30)31/h1-4H,5-25,29H2,(H,30,31). The summed E-state index contributed by atoms with van der Waals surface area (Å²) in [6.45, 7) is 8.88. The lowest BCUT2D eigenvalue weighted by atomic mass is 10.3. The van der Waals surface area contributed by atoms with Crippen LogP contribution < -0.4 is 10.5 Å². The fourth-order valence-electron chi connectivity index (χ4n) is 2.92. The summed E-state index contributed by atoms with van der Waals surface area (Å²) in [4.78, 5) is 10.3. The minimum absolute atomic E-state index is 0.241. The molecular weight excluding hydrogens is 558 g/mol. The van der Waals surface area contributed by atoms with E-state index in [1.165, 1.54) is 0 Å². The summed E-state index contributed by atoms with van der Waals surface area (Å²) in [5, 5.41) is 8.41. The first kappa shape index (κ1) is 37.9. The molecule has 0 atom stereocenters. The average Bonchev–Trinajstić information content (AvgIpc) is 2.98. The third-order valence-electron chi connectivity index (χ3n) is 4.95. The molecule has 0 heterocycles. The third kappa shape index (κ3) is 28.0. The van der Waals surface area contributed by atoms with Crippen molar-refractivity contribution in [2.24, 2.45) is 0 Å². The van der Waals surface area contributed by atoms with Crippen LogP contribution in [0.5, 0.6) is 5.75 Å². The molecule has 0 saturated carbocycles. The lowest BCUT2D eigenvalue weighted by Crippen LogP contribution is -2.15. The third-order valence-corrected chi connectivity index (χ3v) is 4.95. The molecule has 0 amide bonds. The van der Waals surface area contributed by atoms with Gasteiger partial charge in [-0.3, -0.25) is 0 Å². The van der Waals surface area contributed by atoms with Gasteiger partial charge in [-0.25, -0.2) is 4.79 Å². The Morgan fingerprint density at radius 2 is 0.714 bits per heavy atom. The van der Waals surface area contributed by atoms with Crippen LogP contribution in [0.1, 0.15) is 0 Å².